The molecule has 0 spiro atoms. The molecule has 1 aliphatic rings. The lowest BCUT2D eigenvalue weighted by Crippen LogP contribution is -2.39. The maximum Gasteiger partial charge on any atom is 0.255 e. The molecule has 0 atom stereocenters. The molecule has 1 aliphatic carbocycles. The van der Waals surface area contributed by atoms with Crippen molar-refractivity contribution in [1.29, 1.82) is 0 Å². The van der Waals surface area contributed by atoms with Crippen molar-refractivity contribution < 1.29 is 14.1 Å². The Bertz CT molecular complexity index is 698. The largest absolute Gasteiger partial charge is 0.363 e. The minimum absolute atomic E-state index is 0.0482. The average molecular weight is 334 g/mol. The summed E-state index contributed by atoms with van der Waals surface area (Å²) in [4.78, 5) is 26.4. The molecular formula is C16H16ClN3O3. The van der Waals surface area contributed by atoms with Gasteiger partial charge in [-0.25, -0.2) is 0 Å². The van der Waals surface area contributed by atoms with Gasteiger partial charge in [0.25, 0.3) is 5.91 Å². The number of nitrogens with one attached hydrogen (secondary N) is 1. The molecule has 0 radical (unpaired) electrons. The Kier molecular flexibility index (Phi) is 4.62. The molecule has 120 valence electrons. The molecule has 0 aliphatic heterocycles. The zero-order valence-corrected chi connectivity index (χ0v) is 13.1. The highest BCUT2D eigenvalue weighted by Crippen LogP contribution is 2.30. The molecule has 23 heavy (non-hydrogen) atoms. The van der Waals surface area contributed by atoms with Crippen LogP contribution >= 0.6 is 11.6 Å². The number of nitrogens with zero attached hydrogens (tertiary/aromatic N) is 2. The predicted octanol–water partition coefficient (Wildman–Crippen LogP) is 2.82. The second-order valence-corrected chi connectivity index (χ2v) is 5.95. The van der Waals surface area contributed by atoms with E-state index in [1.54, 1.807) is 30.3 Å². The number of hydrogen-bond acceptors (Lipinski definition) is 4. The van der Waals surface area contributed by atoms with Crippen LogP contribution in [0.2, 0.25) is 5.02 Å². The first-order valence-electron chi connectivity index (χ1n) is 7.37. The summed E-state index contributed by atoms with van der Waals surface area (Å²) in [5, 5.41) is 6.60. The standard InChI is InChI=1S/C16H16ClN3O3/c17-13-4-2-1-3-12(13)16(22)20(9-11-5-6-11)10-15(21)18-14-7-8-23-19-14/h1-4,7-8,11H,5-6,9-10H2,(H,18,19,21). The molecule has 1 N–H and O–H groups in total. The third-order valence-electron chi connectivity index (χ3n) is 3.61. The quantitative estimate of drug-likeness (QED) is 0.882. The van der Waals surface area contributed by atoms with E-state index < -0.39 is 0 Å². The molecule has 7 heteroatoms. The van der Waals surface area contributed by atoms with Crippen LogP contribution in [0, 0.1) is 5.92 Å². The summed E-state index contributed by atoms with van der Waals surface area (Å²) < 4.78 is 4.66. The molecule has 1 aromatic carbocycles. The summed E-state index contributed by atoms with van der Waals surface area (Å²) in [6.07, 6.45) is 3.53. The normalized spacial score (nSPS) is 13.6. The maximum atomic E-state index is 12.7. The van der Waals surface area contributed by atoms with Crippen LogP contribution in [-0.2, 0) is 4.79 Å². The van der Waals surface area contributed by atoms with Crippen LogP contribution in [0.5, 0.6) is 0 Å². The molecule has 2 amide bonds. The van der Waals surface area contributed by atoms with Crippen LogP contribution in [0.25, 0.3) is 0 Å². The van der Waals surface area contributed by atoms with E-state index in [1.165, 1.54) is 11.2 Å². The van der Waals surface area contributed by atoms with E-state index >= 15 is 0 Å². The van der Waals surface area contributed by atoms with Crippen LogP contribution in [0.15, 0.2) is 41.1 Å². The van der Waals surface area contributed by atoms with Crippen molar-refractivity contribution in [2.75, 3.05) is 18.4 Å². The SMILES string of the molecule is O=C(CN(CC1CC1)C(=O)c1ccccc1Cl)Nc1ccon1. The molecule has 3 rings (SSSR count). The number of carbonyl (C=O) groups is 2. The predicted molar refractivity (Wildman–Crippen MR) is 85.2 cm³/mol. The zero-order valence-electron chi connectivity index (χ0n) is 12.4. The number of anilines is 1. The Hall–Kier alpha value is -2.34. The molecule has 6 nitrogen and oxygen atoms in total. The van der Waals surface area contributed by atoms with Gasteiger partial charge in [0.1, 0.15) is 12.8 Å². The van der Waals surface area contributed by atoms with Crippen molar-refractivity contribution in [1.82, 2.24) is 10.1 Å². The van der Waals surface area contributed by atoms with Crippen LogP contribution in [-0.4, -0.2) is 35.0 Å². The summed E-state index contributed by atoms with van der Waals surface area (Å²) in [5.41, 5.74) is 0.407. The van der Waals surface area contributed by atoms with Gasteiger partial charge in [-0.05, 0) is 30.9 Å². The smallest absolute Gasteiger partial charge is 0.255 e. The van der Waals surface area contributed by atoms with Gasteiger partial charge < -0.3 is 14.7 Å². The summed E-state index contributed by atoms with van der Waals surface area (Å²) >= 11 is 6.10. The minimum atomic E-state index is -0.319. The van der Waals surface area contributed by atoms with E-state index in [0.29, 0.717) is 28.9 Å². The first kappa shape index (κ1) is 15.6. The van der Waals surface area contributed by atoms with Crippen LogP contribution in [0.4, 0.5) is 5.82 Å². The van der Waals surface area contributed by atoms with Gasteiger partial charge in [-0.1, -0.05) is 28.9 Å². The van der Waals surface area contributed by atoms with Crippen LogP contribution in [0.1, 0.15) is 23.2 Å². The van der Waals surface area contributed by atoms with Crippen molar-refractivity contribution in [3.63, 3.8) is 0 Å². The highest BCUT2D eigenvalue weighted by atomic mass is 35.5. The average Bonchev–Trinajstić information content (AvgIpc) is 3.20. The van der Waals surface area contributed by atoms with Gasteiger partial charge >= 0.3 is 0 Å². The molecule has 1 fully saturated rings. The van der Waals surface area contributed by atoms with Gasteiger partial charge in [-0.3, -0.25) is 9.59 Å². The lowest BCUT2D eigenvalue weighted by atomic mass is 10.2. The molecular weight excluding hydrogens is 318 g/mol. The van der Waals surface area contributed by atoms with Crippen molar-refractivity contribution in [2.45, 2.75) is 12.8 Å². The Balaban J connectivity index is 1.70. The topological polar surface area (TPSA) is 75.4 Å². The molecule has 2 aromatic rings. The number of carbonyl (C=O) groups excluding carboxylic acids is 2. The first-order chi connectivity index (χ1) is 11.1. The van der Waals surface area contributed by atoms with Crippen molar-refractivity contribution in [3.05, 3.63) is 47.2 Å². The molecule has 1 heterocycles. The summed E-state index contributed by atoms with van der Waals surface area (Å²) in [6.45, 7) is 0.504. The summed E-state index contributed by atoms with van der Waals surface area (Å²) in [6, 6.07) is 8.39. The Morgan fingerprint density at radius 3 is 2.74 bits per heavy atom. The van der Waals surface area contributed by atoms with E-state index in [-0.39, 0.29) is 18.4 Å². The van der Waals surface area contributed by atoms with Gasteiger partial charge in [-0.2, -0.15) is 0 Å². The first-order valence-corrected chi connectivity index (χ1v) is 7.75. The number of halogens is 1. The lowest BCUT2D eigenvalue weighted by molar-refractivity contribution is -0.117. The number of benzene rings is 1. The molecule has 0 saturated heterocycles. The van der Waals surface area contributed by atoms with Gasteiger partial charge in [0.15, 0.2) is 5.82 Å². The summed E-state index contributed by atoms with van der Waals surface area (Å²) in [7, 11) is 0. The van der Waals surface area contributed by atoms with E-state index in [1.807, 2.05) is 0 Å². The van der Waals surface area contributed by atoms with Crippen molar-refractivity contribution >= 4 is 29.2 Å². The second kappa shape index (κ2) is 6.83. The van der Waals surface area contributed by atoms with Gasteiger partial charge in [0, 0.05) is 12.6 Å². The van der Waals surface area contributed by atoms with E-state index in [4.69, 9.17) is 11.6 Å². The number of hydrogen-bond donors (Lipinski definition) is 1. The fraction of sp³-hybridized carbons (Fsp3) is 0.312. The highest BCUT2D eigenvalue weighted by Gasteiger charge is 2.29. The fourth-order valence-electron chi connectivity index (χ4n) is 2.27. The zero-order chi connectivity index (χ0) is 16.2. The van der Waals surface area contributed by atoms with E-state index in [0.717, 1.165) is 12.8 Å². The maximum absolute atomic E-state index is 12.7. The monoisotopic (exact) mass is 333 g/mol. The Morgan fingerprint density at radius 1 is 1.30 bits per heavy atom. The van der Waals surface area contributed by atoms with Gasteiger partial charge in [0.05, 0.1) is 10.6 Å². The molecule has 1 aromatic heterocycles. The number of rotatable bonds is 6. The third kappa shape index (κ3) is 4.10. The molecule has 0 unspecified atom stereocenters. The minimum Gasteiger partial charge on any atom is -0.363 e. The highest BCUT2D eigenvalue weighted by molar-refractivity contribution is 6.33. The van der Waals surface area contributed by atoms with Crippen LogP contribution < -0.4 is 5.32 Å². The fourth-order valence-corrected chi connectivity index (χ4v) is 2.49. The van der Waals surface area contributed by atoms with E-state index in [9.17, 15) is 9.59 Å². The van der Waals surface area contributed by atoms with Gasteiger partial charge in [-0.15, -0.1) is 0 Å². The number of aromatic nitrogens is 1. The van der Waals surface area contributed by atoms with Gasteiger partial charge in [0.2, 0.25) is 5.91 Å². The third-order valence-corrected chi connectivity index (χ3v) is 3.94. The lowest BCUT2D eigenvalue weighted by Gasteiger charge is -2.22. The van der Waals surface area contributed by atoms with E-state index in [2.05, 4.69) is 15.0 Å². The van der Waals surface area contributed by atoms with Crippen LogP contribution in [0.3, 0.4) is 0 Å². The van der Waals surface area contributed by atoms with Crippen molar-refractivity contribution in [2.24, 2.45) is 5.92 Å². The van der Waals surface area contributed by atoms with Crippen molar-refractivity contribution in [3.8, 4) is 0 Å². The number of amides is 2. The molecule has 0 bridgehead atoms. The Labute approximate surface area is 138 Å². The molecule has 1 saturated carbocycles. The Morgan fingerprint density at radius 2 is 2.09 bits per heavy atom. The summed E-state index contributed by atoms with van der Waals surface area (Å²) in [5.74, 6) is 0.227. The second-order valence-electron chi connectivity index (χ2n) is 5.54.